The Balaban J connectivity index is 1.96. The van der Waals surface area contributed by atoms with Crippen molar-refractivity contribution in [3.63, 3.8) is 0 Å². The normalized spacial score (nSPS) is 10.7. The predicted octanol–water partition coefficient (Wildman–Crippen LogP) is 4.21. The number of H-pyrrole nitrogens is 1. The van der Waals surface area contributed by atoms with Gasteiger partial charge in [-0.3, -0.25) is 4.79 Å². The molecule has 4 heteroatoms. The summed E-state index contributed by atoms with van der Waals surface area (Å²) in [5.74, 6) is -0.298. The van der Waals surface area contributed by atoms with E-state index in [1.807, 2.05) is 42.5 Å². The number of fused-ring (bicyclic) bond motifs is 1. The van der Waals surface area contributed by atoms with E-state index < -0.39 is 0 Å². The van der Waals surface area contributed by atoms with Crippen molar-refractivity contribution in [2.45, 2.75) is 13.8 Å². The molecule has 0 atom stereocenters. The molecule has 1 aromatic heterocycles. The summed E-state index contributed by atoms with van der Waals surface area (Å²) < 4.78 is 5.01. The van der Waals surface area contributed by atoms with E-state index in [9.17, 15) is 9.59 Å². The minimum atomic E-state index is -0.351. The molecule has 3 rings (SSSR count). The zero-order chi connectivity index (χ0) is 16.4. The molecule has 1 heterocycles. The molecule has 2 aromatic carbocycles. The van der Waals surface area contributed by atoms with Gasteiger partial charge in [-0.05, 0) is 43.2 Å². The lowest BCUT2D eigenvalue weighted by molar-refractivity contribution is 0.0520. The van der Waals surface area contributed by atoms with Crippen LogP contribution < -0.4 is 0 Å². The number of esters is 1. The van der Waals surface area contributed by atoms with Gasteiger partial charge in [-0.15, -0.1) is 0 Å². The van der Waals surface area contributed by atoms with Crippen molar-refractivity contribution in [1.29, 1.82) is 0 Å². The summed E-state index contributed by atoms with van der Waals surface area (Å²) in [5.41, 5.74) is 4.09. The van der Waals surface area contributed by atoms with Crippen LogP contribution in [-0.4, -0.2) is 23.3 Å². The van der Waals surface area contributed by atoms with E-state index in [4.69, 9.17) is 4.74 Å². The van der Waals surface area contributed by atoms with Crippen LogP contribution in [0.15, 0.2) is 48.5 Å². The SMILES string of the molecule is CCOC(=O)c1cc2cc(-c3ccc(C(C)=O)cc3)ccc2[nH]1. The molecule has 4 nitrogen and oxygen atoms in total. The van der Waals surface area contributed by atoms with Crippen LogP contribution in [0.3, 0.4) is 0 Å². The first kappa shape index (κ1) is 15.0. The fraction of sp³-hybridized carbons (Fsp3) is 0.158. The second-order valence-corrected chi connectivity index (χ2v) is 5.34. The number of carbonyl (C=O) groups is 2. The number of Topliss-reactive ketones (excluding diaryl/α,β-unsaturated/α-hetero) is 1. The van der Waals surface area contributed by atoms with Gasteiger partial charge in [0.25, 0.3) is 0 Å². The van der Waals surface area contributed by atoms with Crippen LogP contribution in [0.2, 0.25) is 0 Å². The summed E-state index contributed by atoms with van der Waals surface area (Å²) in [6, 6.07) is 15.2. The fourth-order valence-corrected chi connectivity index (χ4v) is 2.53. The van der Waals surface area contributed by atoms with Gasteiger partial charge in [-0.2, -0.15) is 0 Å². The Morgan fingerprint density at radius 1 is 1.00 bits per heavy atom. The third-order valence-corrected chi connectivity index (χ3v) is 3.74. The molecule has 0 amide bonds. The molecule has 0 radical (unpaired) electrons. The van der Waals surface area contributed by atoms with E-state index >= 15 is 0 Å². The Bertz CT molecular complexity index is 875. The first-order valence-electron chi connectivity index (χ1n) is 7.49. The van der Waals surface area contributed by atoms with Gasteiger partial charge in [0.15, 0.2) is 5.78 Å². The molecule has 0 unspecified atom stereocenters. The van der Waals surface area contributed by atoms with Gasteiger partial charge in [0.1, 0.15) is 5.69 Å². The van der Waals surface area contributed by atoms with Gasteiger partial charge in [-0.1, -0.05) is 30.3 Å². The van der Waals surface area contributed by atoms with Gasteiger partial charge in [0.05, 0.1) is 6.61 Å². The number of hydrogen-bond acceptors (Lipinski definition) is 3. The summed E-state index contributed by atoms with van der Waals surface area (Å²) >= 11 is 0. The lowest BCUT2D eigenvalue weighted by Gasteiger charge is -2.03. The van der Waals surface area contributed by atoms with Crippen molar-refractivity contribution >= 4 is 22.7 Å². The molecule has 0 spiro atoms. The Hall–Kier alpha value is -2.88. The van der Waals surface area contributed by atoms with E-state index in [2.05, 4.69) is 4.98 Å². The number of benzene rings is 2. The number of ether oxygens (including phenoxy) is 1. The van der Waals surface area contributed by atoms with Crippen molar-refractivity contribution in [2.75, 3.05) is 6.61 Å². The summed E-state index contributed by atoms with van der Waals surface area (Å²) in [7, 11) is 0. The number of ketones is 1. The third-order valence-electron chi connectivity index (χ3n) is 3.74. The second-order valence-electron chi connectivity index (χ2n) is 5.34. The van der Waals surface area contributed by atoms with Crippen LogP contribution in [0, 0.1) is 0 Å². The molecule has 0 aliphatic heterocycles. The van der Waals surface area contributed by atoms with Gasteiger partial charge < -0.3 is 9.72 Å². The molecule has 0 fully saturated rings. The molecule has 0 saturated heterocycles. The van der Waals surface area contributed by atoms with Gasteiger partial charge >= 0.3 is 5.97 Å². The van der Waals surface area contributed by atoms with E-state index in [1.165, 1.54) is 0 Å². The maximum atomic E-state index is 11.8. The van der Waals surface area contributed by atoms with Gasteiger partial charge in [-0.25, -0.2) is 4.79 Å². The van der Waals surface area contributed by atoms with Crippen LogP contribution in [0.4, 0.5) is 0 Å². The molecule has 0 bridgehead atoms. The zero-order valence-electron chi connectivity index (χ0n) is 13.1. The molecule has 23 heavy (non-hydrogen) atoms. The molecule has 0 saturated carbocycles. The first-order valence-corrected chi connectivity index (χ1v) is 7.49. The largest absolute Gasteiger partial charge is 0.461 e. The van der Waals surface area contributed by atoms with Crippen molar-refractivity contribution in [3.05, 3.63) is 59.8 Å². The highest BCUT2D eigenvalue weighted by molar-refractivity contribution is 5.97. The molecular formula is C19H17NO3. The molecule has 0 aliphatic carbocycles. The highest BCUT2D eigenvalue weighted by Gasteiger charge is 2.11. The van der Waals surface area contributed by atoms with Crippen molar-refractivity contribution < 1.29 is 14.3 Å². The summed E-state index contributed by atoms with van der Waals surface area (Å²) in [4.78, 5) is 26.2. The summed E-state index contributed by atoms with van der Waals surface area (Å²) in [6.45, 7) is 3.68. The van der Waals surface area contributed by atoms with E-state index in [-0.39, 0.29) is 11.8 Å². The van der Waals surface area contributed by atoms with Crippen molar-refractivity contribution in [3.8, 4) is 11.1 Å². The molecule has 116 valence electrons. The number of hydrogen-bond donors (Lipinski definition) is 1. The van der Waals surface area contributed by atoms with E-state index in [0.717, 1.165) is 22.0 Å². The predicted molar refractivity (Wildman–Crippen MR) is 89.7 cm³/mol. The number of carbonyl (C=O) groups excluding carboxylic acids is 2. The lowest BCUT2D eigenvalue weighted by atomic mass is 10.0. The van der Waals surface area contributed by atoms with Crippen molar-refractivity contribution in [2.24, 2.45) is 0 Å². The van der Waals surface area contributed by atoms with Gasteiger partial charge in [0.2, 0.25) is 0 Å². The molecular weight excluding hydrogens is 290 g/mol. The first-order chi connectivity index (χ1) is 11.1. The highest BCUT2D eigenvalue weighted by atomic mass is 16.5. The smallest absolute Gasteiger partial charge is 0.354 e. The number of nitrogens with one attached hydrogen (secondary N) is 1. The molecule has 0 aliphatic rings. The zero-order valence-corrected chi connectivity index (χ0v) is 13.1. The van der Waals surface area contributed by atoms with Crippen molar-refractivity contribution in [1.82, 2.24) is 4.98 Å². The topological polar surface area (TPSA) is 59.2 Å². The average Bonchev–Trinajstić information content (AvgIpc) is 2.98. The Morgan fingerprint density at radius 3 is 2.35 bits per heavy atom. The average molecular weight is 307 g/mol. The quantitative estimate of drug-likeness (QED) is 0.580. The lowest BCUT2D eigenvalue weighted by Crippen LogP contribution is -2.04. The van der Waals surface area contributed by atoms with E-state index in [1.54, 1.807) is 19.9 Å². The number of rotatable bonds is 4. The van der Waals surface area contributed by atoms with Crippen LogP contribution in [0.1, 0.15) is 34.7 Å². The minimum absolute atomic E-state index is 0.0525. The third kappa shape index (κ3) is 3.01. The summed E-state index contributed by atoms with van der Waals surface area (Å²) in [6.07, 6.45) is 0. The minimum Gasteiger partial charge on any atom is -0.461 e. The summed E-state index contributed by atoms with van der Waals surface area (Å²) in [5, 5.41) is 0.946. The van der Waals surface area contributed by atoms with E-state index in [0.29, 0.717) is 17.9 Å². The molecule has 3 aromatic rings. The maximum Gasteiger partial charge on any atom is 0.354 e. The second kappa shape index (κ2) is 6.08. The standard InChI is InChI=1S/C19H17NO3/c1-3-23-19(22)18-11-16-10-15(8-9-17(16)20-18)14-6-4-13(5-7-14)12(2)21/h4-11,20H,3H2,1-2H3. The number of aromatic amines is 1. The Labute approximate surface area is 134 Å². The van der Waals surface area contributed by atoms with Crippen LogP contribution in [-0.2, 0) is 4.74 Å². The number of aromatic nitrogens is 1. The highest BCUT2D eigenvalue weighted by Crippen LogP contribution is 2.25. The van der Waals surface area contributed by atoms with Crippen LogP contribution in [0.25, 0.3) is 22.0 Å². The van der Waals surface area contributed by atoms with Crippen LogP contribution >= 0.6 is 0 Å². The Morgan fingerprint density at radius 2 is 1.70 bits per heavy atom. The van der Waals surface area contributed by atoms with Crippen LogP contribution in [0.5, 0.6) is 0 Å². The molecule has 1 N–H and O–H groups in total. The Kier molecular flexibility index (Phi) is 3.98. The maximum absolute atomic E-state index is 11.8. The monoisotopic (exact) mass is 307 g/mol. The fourth-order valence-electron chi connectivity index (χ4n) is 2.53. The van der Waals surface area contributed by atoms with Gasteiger partial charge in [0, 0.05) is 16.5 Å².